The minimum atomic E-state index is 1.22. The van der Waals surface area contributed by atoms with Crippen molar-refractivity contribution in [2.45, 2.75) is 6.92 Å². The van der Waals surface area contributed by atoms with Crippen molar-refractivity contribution in [3.8, 4) is 5.69 Å². The summed E-state index contributed by atoms with van der Waals surface area (Å²) in [5, 5.41) is 2.62. The molecule has 0 aliphatic heterocycles. The maximum absolute atomic E-state index is 2.34. The molecule has 0 unspecified atom stereocenters. The molecule has 96 valence electrons. The van der Waals surface area contributed by atoms with E-state index in [9.17, 15) is 0 Å². The van der Waals surface area contributed by atoms with Crippen LogP contribution in [-0.2, 0) is 0 Å². The molecule has 0 radical (unpaired) electrons. The average molecular weight is 257 g/mol. The van der Waals surface area contributed by atoms with Crippen LogP contribution in [0.25, 0.3) is 27.5 Å². The molecule has 1 heterocycles. The fourth-order valence-corrected chi connectivity index (χ4v) is 2.97. The molecule has 1 aromatic heterocycles. The maximum atomic E-state index is 2.34. The number of hydrogen-bond acceptors (Lipinski definition) is 0. The van der Waals surface area contributed by atoms with Gasteiger partial charge < -0.3 is 4.57 Å². The third kappa shape index (κ3) is 1.56. The third-order valence-corrected chi connectivity index (χ3v) is 3.84. The molecule has 0 N–H and O–H groups in total. The highest BCUT2D eigenvalue weighted by atomic mass is 15.0. The van der Waals surface area contributed by atoms with Crippen molar-refractivity contribution in [2.75, 3.05) is 0 Å². The minimum absolute atomic E-state index is 1.22. The van der Waals surface area contributed by atoms with Gasteiger partial charge in [-0.05, 0) is 36.8 Å². The zero-order valence-corrected chi connectivity index (χ0v) is 11.4. The van der Waals surface area contributed by atoms with Crippen LogP contribution in [0.1, 0.15) is 5.56 Å². The lowest BCUT2D eigenvalue weighted by molar-refractivity contribution is 1.17. The molecule has 0 fully saturated rings. The maximum Gasteiger partial charge on any atom is 0.0541 e. The van der Waals surface area contributed by atoms with E-state index in [0.29, 0.717) is 0 Å². The normalized spacial score (nSPS) is 11.2. The zero-order valence-electron chi connectivity index (χ0n) is 11.4. The summed E-state index contributed by atoms with van der Waals surface area (Å²) in [6, 6.07) is 25.9. The Bertz CT molecular complexity index is 862. The lowest BCUT2D eigenvalue weighted by atomic mass is 10.2. The molecule has 1 heteroatoms. The van der Waals surface area contributed by atoms with E-state index in [2.05, 4.69) is 84.3 Å². The van der Waals surface area contributed by atoms with Crippen molar-refractivity contribution in [2.24, 2.45) is 0 Å². The van der Waals surface area contributed by atoms with E-state index >= 15 is 0 Å². The fourth-order valence-electron chi connectivity index (χ4n) is 2.97. The van der Waals surface area contributed by atoms with Crippen molar-refractivity contribution >= 4 is 21.8 Å². The van der Waals surface area contributed by atoms with Crippen LogP contribution in [0.3, 0.4) is 0 Å². The Morgan fingerprint density at radius 3 is 1.85 bits per heavy atom. The molecule has 0 aliphatic rings. The highest BCUT2D eigenvalue weighted by Gasteiger charge is 2.10. The van der Waals surface area contributed by atoms with Crippen LogP contribution in [0, 0.1) is 6.92 Å². The van der Waals surface area contributed by atoms with Crippen molar-refractivity contribution in [3.05, 3.63) is 78.4 Å². The Morgan fingerprint density at radius 2 is 1.25 bits per heavy atom. The van der Waals surface area contributed by atoms with Crippen molar-refractivity contribution in [3.63, 3.8) is 0 Å². The molecule has 4 rings (SSSR count). The molecule has 0 bridgehead atoms. The quantitative estimate of drug-likeness (QED) is 0.447. The van der Waals surface area contributed by atoms with Gasteiger partial charge in [-0.25, -0.2) is 0 Å². The van der Waals surface area contributed by atoms with Crippen LogP contribution in [0.4, 0.5) is 0 Å². The number of benzene rings is 3. The Morgan fingerprint density at radius 1 is 0.650 bits per heavy atom. The van der Waals surface area contributed by atoms with Crippen molar-refractivity contribution in [1.29, 1.82) is 0 Å². The van der Waals surface area contributed by atoms with Gasteiger partial charge in [0.2, 0.25) is 0 Å². The van der Waals surface area contributed by atoms with Gasteiger partial charge in [0.05, 0.1) is 11.0 Å². The fraction of sp³-hybridized carbons (Fsp3) is 0.0526. The van der Waals surface area contributed by atoms with Gasteiger partial charge >= 0.3 is 0 Å². The molecule has 0 spiro atoms. The van der Waals surface area contributed by atoms with E-state index in [1.165, 1.54) is 33.1 Å². The molecule has 20 heavy (non-hydrogen) atoms. The summed E-state index contributed by atoms with van der Waals surface area (Å²) in [4.78, 5) is 0. The van der Waals surface area contributed by atoms with Gasteiger partial charge in [0.1, 0.15) is 0 Å². The summed E-state index contributed by atoms with van der Waals surface area (Å²) in [6.45, 7) is 2.14. The molecule has 0 amide bonds. The summed E-state index contributed by atoms with van der Waals surface area (Å²) in [6.07, 6.45) is 0. The Hall–Kier alpha value is -2.54. The number of hydrogen-bond donors (Lipinski definition) is 0. The molecule has 1 nitrogen and oxygen atoms in total. The Kier molecular flexibility index (Phi) is 2.40. The largest absolute Gasteiger partial charge is 0.309 e. The highest BCUT2D eigenvalue weighted by molar-refractivity contribution is 6.09. The number of rotatable bonds is 1. The first-order valence-electron chi connectivity index (χ1n) is 6.90. The minimum Gasteiger partial charge on any atom is -0.309 e. The van der Waals surface area contributed by atoms with Gasteiger partial charge in [-0.3, -0.25) is 0 Å². The van der Waals surface area contributed by atoms with Gasteiger partial charge in [-0.1, -0.05) is 48.5 Å². The van der Waals surface area contributed by atoms with E-state index in [1.54, 1.807) is 0 Å². The first-order valence-corrected chi connectivity index (χ1v) is 6.90. The Balaban J connectivity index is 2.21. The van der Waals surface area contributed by atoms with E-state index in [4.69, 9.17) is 0 Å². The standard InChI is InChI=1S/C19H15N/c1-14-7-6-8-15(13-14)20-18-11-4-2-9-16(18)17-10-3-5-12-19(17)20/h2-13H,1H3. The highest BCUT2D eigenvalue weighted by Crippen LogP contribution is 2.31. The molecule has 4 aromatic rings. The molecule has 0 atom stereocenters. The summed E-state index contributed by atoms with van der Waals surface area (Å²) in [5.41, 5.74) is 5.03. The SMILES string of the molecule is Cc1cccc(-n2c3ccccc3c3ccccc32)c1. The number of fused-ring (bicyclic) bond motifs is 3. The van der Waals surface area contributed by atoms with Crippen LogP contribution in [0.15, 0.2) is 72.8 Å². The average Bonchev–Trinajstić information content (AvgIpc) is 2.82. The second kappa shape index (κ2) is 4.24. The van der Waals surface area contributed by atoms with Crippen molar-refractivity contribution in [1.82, 2.24) is 4.57 Å². The number of aromatic nitrogens is 1. The van der Waals surface area contributed by atoms with Crippen LogP contribution in [0.2, 0.25) is 0 Å². The monoisotopic (exact) mass is 257 g/mol. The van der Waals surface area contributed by atoms with Gasteiger partial charge in [-0.15, -0.1) is 0 Å². The molecule has 0 saturated heterocycles. The van der Waals surface area contributed by atoms with E-state index < -0.39 is 0 Å². The molecule has 3 aromatic carbocycles. The van der Waals surface area contributed by atoms with Gasteiger partial charge in [-0.2, -0.15) is 0 Å². The number of nitrogens with zero attached hydrogens (tertiary/aromatic N) is 1. The molecular weight excluding hydrogens is 242 g/mol. The number of para-hydroxylation sites is 2. The lowest BCUT2D eigenvalue weighted by Gasteiger charge is -2.08. The molecular formula is C19H15N. The summed E-state index contributed by atoms with van der Waals surface area (Å²) < 4.78 is 2.34. The predicted molar refractivity (Wildman–Crippen MR) is 85.5 cm³/mol. The Labute approximate surface area is 118 Å². The van der Waals surface area contributed by atoms with E-state index in [1.807, 2.05) is 0 Å². The lowest BCUT2D eigenvalue weighted by Crippen LogP contribution is -1.93. The second-order valence-corrected chi connectivity index (χ2v) is 5.21. The van der Waals surface area contributed by atoms with Gasteiger partial charge in [0.25, 0.3) is 0 Å². The van der Waals surface area contributed by atoms with E-state index in [-0.39, 0.29) is 0 Å². The van der Waals surface area contributed by atoms with Gasteiger partial charge in [0, 0.05) is 16.5 Å². The van der Waals surface area contributed by atoms with Crippen LogP contribution < -0.4 is 0 Å². The predicted octanol–water partition coefficient (Wildman–Crippen LogP) is 5.09. The molecule has 0 saturated carbocycles. The van der Waals surface area contributed by atoms with E-state index in [0.717, 1.165) is 0 Å². The summed E-state index contributed by atoms with van der Waals surface area (Å²) >= 11 is 0. The van der Waals surface area contributed by atoms with Crippen LogP contribution >= 0.6 is 0 Å². The topological polar surface area (TPSA) is 4.93 Å². The van der Waals surface area contributed by atoms with Crippen LogP contribution in [0.5, 0.6) is 0 Å². The summed E-state index contributed by atoms with van der Waals surface area (Å²) in [5.74, 6) is 0. The smallest absolute Gasteiger partial charge is 0.0541 e. The summed E-state index contributed by atoms with van der Waals surface area (Å²) in [7, 11) is 0. The first kappa shape index (κ1) is 11.3. The number of aryl methyl sites for hydroxylation is 1. The first-order chi connectivity index (χ1) is 9.84. The third-order valence-electron chi connectivity index (χ3n) is 3.84. The molecule has 0 aliphatic carbocycles. The van der Waals surface area contributed by atoms with Crippen molar-refractivity contribution < 1.29 is 0 Å². The van der Waals surface area contributed by atoms with Gasteiger partial charge in [0.15, 0.2) is 0 Å². The second-order valence-electron chi connectivity index (χ2n) is 5.21. The zero-order chi connectivity index (χ0) is 13.5. The van der Waals surface area contributed by atoms with Crippen LogP contribution in [-0.4, -0.2) is 4.57 Å².